The lowest BCUT2D eigenvalue weighted by molar-refractivity contribution is -0.141. The van der Waals surface area contributed by atoms with Crippen LogP contribution in [0.25, 0.3) is 0 Å². The van der Waals surface area contributed by atoms with E-state index in [4.69, 9.17) is 10.8 Å². The number of rotatable bonds is 17. The highest BCUT2D eigenvalue weighted by Gasteiger charge is 2.33. The van der Waals surface area contributed by atoms with Gasteiger partial charge in [0.1, 0.15) is 6.04 Å². The Morgan fingerprint density at radius 2 is 0.905 bits per heavy atom. The van der Waals surface area contributed by atoms with Crippen molar-refractivity contribution in [3.63, 3.8) is 0 Å². The molecule has 0 aromatic carbocycles. The number of carboxylic acid groups (broad SMARTS) is 1. The van der Waals surface area contributed by atoms with E-state index in [1.54, 1.807) is 0 Å². The van der Waals surface area contributed by atoms with Crippen molar-refractivity contribution in [2.75, 3.05) is 119 Å². The van der Waals surface area contributed by atoms with E-state index in [0.717, 1.165) is 123 Å². The van der Waals surface area contributed by atoms with E-state index >= 15 is 0 Å². The molecular formula is C69H137N13O2. The molecule has 0 spiro atoms. The smallest absolute Gasteiger partial charge is 0.326 e. The SMILES string of the molecule is C.C=C(C(C)C)N1CC(C)NC(C)C1.C=C(C(C)C)N1CC(N(C)C)C1.C=C(C(C)C)N1CC(N)C1.C=C(C(C)C)N1CC(NC)C1.C=C(C(C)C)N1CCCC1C(=O)O.C=C(C(C)C)N1CCNC(C)C1.C=C(C(C)C)N1CCNCC1C. The molecule has 7 fully saturated rings. The molecule has 0 amide bonds. The van der Waals surface area contributed by atoms with Gasteiger partial charge in [-0.2, -0.15) is 0 Å². The maximum Gasteiger partial charge on any atom is 0.326 e. The molecule has 7 aliphatic heterocycles. The minimum absolute atomic E-state index is 0. The van der Waals surface area contributed by atoms with Gasteiger partial charge in [-0.05, 0) is 103 Å². The Labute approximate surface area is 519 Å². The predicted molar refractivity (Wildman–Crippen MR) is 367 cm³/mol. The van der Waals surface area contributed by atoms with Crippen molar-refractivity contribution in [3.05, 3.63) is 85.9 Å². The summed E-state index contributed by atoms with van der Waals surface area (Å²) in [6.07, 6.45) is 1.71. The summed E-state index contributed by atoms with van der Waals surface area (Å²) in [5.41, 5.74) is 14.2. The number of hydrogen-bond acceptors (Lipinski definition) is 14. The number of aliphatic carboxylic acids is 1. The van der Waals surface area contributed by atoms with Crippen LogP contribution in [0, 0.1) is 41.4 Å². The van der Waals surface area contributed by atoms with E-state index in [2.05, 4.69) is 226 Å². The van der Waals surface area contributed by atoms with Crippen molar-refractivity contribution in [2.24, 2.45) is 47.2 Å². The Bertz CT molecular complexity index is 1950. The number of likely N-dealkylation sites (N-methyl/N-ethyl adjacent to an activating group) is 2. The van der Waals surface area contributed by atoms with Crippen LogP contribution in [0.1, 0.15) is 145 Å². The molecule has 7 rings (SSSR count). The van der Waals surface area contributed by atoms with Gasteiger partial charge in [-0.3, -0.25) is 0 Å². The minimum Gasteiger partial charge on any atom is -0.480 e. The van der Waals surface area contributed by atoms with E-state index in [9.17, 15) is 4.79 Å². The highest BCUT2D eigenvalue weighted by Crippen LogP contribution is 2.26. The monoisotopic (exact) mass is 1180 g/mol. The zero-order chi connectivity index (χ0) is 63.7. The van der Waals surface area contributed by atoms with Gasteiger partial charge >= 0.3 is 5.97 Å². The average Bonchev–Trinajstić information content (AvgIpc) is 3.87. The summed E-state index contributed by atoms with van der Waals surface area (Å²) in [6.45, 7) is 84.0. The van der Waals surface area contributed by atoms with E-state index in [-0.39, 0.29) is 13.5 Å². The van der Waals surface area contributed by atoms with Crippen molar-refractivity contribution < 1.29 is 9.90 Å². The van der Waals surface area contributed by atoms with Crippen molar-refractivity contribution in [2.45, 2.75) is 193 Å². The van der Waals surface area contributed by atoms with Crippen LogP contribution in [0.5, 0.6) is 0 Å². The first kappa shape index (κ1) is 80.0. The summed E-state index contributed by atoms with van der Waals surface area (Å²) in [6, 6.07) is 3.85. The van der Waals surface area contributed by atoms with Crippen molar-refractivity contribution in [1.82, 2.24) is 60.5 Å². The van der Waals surface area contributed by atoms with Crippen molar-refractivity contribution >= 4 is 5.97 Å². The number of nitrogens with two attached hydrogens (primary N) is 1. The summed E-state index contributed by atoms with van der Waals surface area (Å²) in [5, 5.41) is 22.5. The molecule has 5 atom stereocenters. The quantitative estimate of drug-likeness (QED) is 0.0824. The first-order valence-electron chi connectivity index (χ1n) is 32.2. The largest absolute Gasteiger partial charge is 0.480 e. The normalized spacial score (nSPS) is 22.5. The highest BCUT2D eigenvalue weighted by molar-refractivity contribution is 5.74. The highest BCUT2D eigenvalue weighted by atomic mass is 16.4. The minimum atomic E-state index is -0.723. The van der Waals surface area contributed by atoms with E-state index in [1.165, 1.54) is 34.2 Å². The van der Waals surface area contributed by atoms with Crippen LogP contribution in [-0.4, -0.2) is 218 Å². The van der Waals surface area contributed by atoms with E-state index in [1.807, 2.05) is 25.8 Å². The second kappa shape index (κ2) is 39.7. The summed E-state index contributed by atoms with van der Waals surface area (Å²) in [5.74, 6) is 3.08. The third-order valence-electron chi connectivity index (χ3n) is 17.2. The molecule has 0 bridgehead atoms. The fourth-order valence-corrected chi connectivity index (χ4v) is 10.5. The maximum absolute atomic E-state index is 10.9. The molecule has 0 aromatic heterocycles. The molecule has 7 heterocycles. The standard InChI is InChI=1S/C11H22N2.3C10H20N2.C10H17NO2.C9H18N2.C8H16N2.CH4/c1-8(2)11(5)13-6-9(3)12-10(4)7-13;1-8(2)9(3)12-6-10(7-12)11(4)5;1-8(2)10(4)12-6-5-11-9(3)7-12;1-8(2)10(4)12-6-5-11-7-9(12)3;1-7(2)8(3)11-6-4-5-9(11)10(12)13;1-7(2)8(3)11-5-9(6-11)10-4;1-6(2)7(3)10-4-8(9)5-10;/h8-10,12H,5-7H2,1-4H3;8,10H,3,6-7H2,1-2,4-5H3;2*8-9,11H,4-7H2,1-3H3;7,9H,3-6H2,1-2H3,(H,12,13);7,9-10H,3,5-6H2,1-2,4H3;6,8H,3-5,9H2,1-2H3;1H4. The number of carbonyl (C=O) groups is 1. The molecule has 0 saturated carbocycles. The van der Waals surface area contributed by atoms with Gasteiger partial charge in [-0.15, -0.1) is 0 Å². The van der Waals surface area contributed by atoms with E-state index < -0.39 is 5.97 Å². The van der Waals surface area contributed by atoms with Crippen molar-refractivity contribution in [1.29, 1.82) is 0 Å². The van der Waals surface area contributed by atoms with Gasteiger partial charge in [-0.1, -0.05) is 150 Å². The Balaban J connectivity index is 0.000000956. The maximum atomic E-state index is 10.9. The van der Waals surface area contributed by atoms with Crippen LogP contribution in [0.4, 0.5) is 0 Å². The Morgan fingerprint density at radius 1 is 0.524 bits per heavy atom. The summed E-state index contributed by atoms with van der Waals surface area (Å²) < 4.78 is 0. The Hall–Kier alpha value is -3.99. The topological polar surface area (TPSA) is 137 Å². The predicted octanol–water partition coefficient (Wildman–Crippen LogP) is 10.3. The molecule has 84 heavy (non-hydrogen) atoms. The molecule has 0 aromatic rings. The number of hydrogen-bond donors (Lipinski definition) is 6. The molecule has 15 nitrogen and oxygen atoms in total. The summed E-state index contributed by atoms with van der Waals surface area (Å²) >= 11 is 0. The number of likely N-dealkylation sites (tertiary alicyclic amines) is 4. The Morgan fingerprint density at radius 3 is 1.27 bits per heavy atom. The summed E-state index contributed by atoms with van der Waals surface area (Å²) in [4.78, 5) is 29.2. The van der Waals surface area contributed by atoms with E-state index in [0.29, 0.717) is 77.7 Å². The van der Waals surface area contributed by atoms with Gasteiger partial charge in [0, 0.05) is 180 Å². The molecule has 0 aliphatic carbocycles. The lowest BCUT2D eigenvalue weighted by Gasteiger charge is -2.46. The van der Waals surface area contributed by atoms with Gasteiger partial charge in [0.2, 0.25) is 0 Å². The molecule has 5 unspecified atom stereocenters. The van der Waals surface area contributed by atoms with Crippen molar-refractivity contribution in [3.8, 4) is 0 Å². The molecule has 0 radical (unpaired) electrons. The first-order chi connectivity index (χ1) is 38.6. The lowest BCUT2D eigenvalue weighted by Crippen LogP contribution is -2.56. The van der Waals surface area contributed by atoms with Gasteiger partial charge < -0.3 is 71.3 Å². The average molecular weight is 1180 g/mol. The number of nitrogens with one attached hydrogen (secondary N) is 4. The Kier molecular flexibility index (Phi) is 37.8. The molecule has 7 saturated heterocycles. The van der Waals surface area contributed by atoms with Gasteiger partial charge in [0.15, 0.2) is 0 Å². The molecule has 490 valence electrons. The lowest BCUT2D eigenvalue weighted by atomic mass is 10.0. The van der Waals surface area contributed by atoms with Crippen LogP contribution in [0.15, 0.2) is 85.9 Å². The van der Waals surface area contributed by atoms with Gasteiger partial charge in [-0.25, -0.2) is 4.79 Å². The van der Waals surface area contributed by atoms with Crippen LogP contribution >= 0.6 is 0 Å². The summed E-state index contributed by atoms with van der Waals surface area (Å²) in [7, 11) is 6.29. The number of piperazine rings is 3. The molecule has 7 N–H and O–H groups in total. The molecular weight excluding hydrogens is 1040 g/mol. The zero-order valence-electron chi connectivity index (χ0n) is 57.6. The second-order valence-corrected chi connectivity index (χ2v) is 27.2. The zero-order valence-corrected chi connectivity index (χ0v) is 57.6. The van der Waals surface area contributed by atoms with Crippen LogP contribution in [0.2, 0.25) is 0 Å². The van der Waals surface area contributed by atoms with Crippen LogP contribution < -0.4 is 27.0 Å². The molecule has 7 aliphatic rings. The van der Waals surface area contributed by atoms with Crippen LogP contribution in [-0.2, 0) is 4.79 Å². The fourth-order valence-electron chi connectivity index (χ4n) is 10.5. The third-order valence-corrected chi connectivity index (χ3v) is 17.2. The molecule has 15 heteroatoms. The van der Waals surface area contributed by atoms with Gasteiger partial charge in [0.05, 0.1) is 0 Å². The number of nitrogens with zero attached hydrogens (tertiary/aromatic N) is 8. The van der Waals surface area contributed by atoms with Crippen LogP contribution in [0.3, 0.4) is 0 Å². The number of allylic oxidation sites excluding steroid dienone is 7. The second-order valence-electron chi connectivity index (χ2n) is 27.2. The number of carboxylic acids is 1. The first-order valence-corrected chi connectivity index (χ1v) is 32.2. The fraction of sp³-hybridized carbons (Fsp3) is 0.783. The van der Waals surface area contributed by atoms with Gasteiger partial charge in [0.25, 0.3) is 0 Å². The third kappa shape index (κ3) is 27.8.